The van der Waals surface area contributed by atoms with Gasteiger partial charge in [0.1, 0.15) is 5.75 Å². The maximum Gasteiger partial charge on any atom is 0.223 e. The topological polar surface area (TPSA) is 64.8 Å². The molecule has 1 unspecified atom stereocenters. The summed E-state index contributed by atoms with van der Waals surface area (Å²) in [5.74, 6) is 1.46. The second kappa shape index (κ2) is 4.74. The highest BCUT2D eigenvalue weighted by atomic mass is 16.7. The minimum absolute atomic E-state index is 0.204. The number of carbonyl (C=O) groups excluding carboxylic acids is 1. The maximum atomic E-state index is 11.9. The first-order valence-electron chi connectivity index (χ1n) is 6.53. The zero-order valence-corrected chi connectivity index (χ0v) is 11.0. The van der Waals surface area contributed by atoms with Gasteiger partial charge in [-0.2, -0.15) is 0 Å². The smallest absolute Gasteiger partial charge is 0.223 e. The van der Waals surface area contributed by atoms with Gasteiger partial charge in [0, 0.05) is 36.3 Å². The van der Waals surface area contributed by atoms with Crippen LogP contribution >= 0.6 is 0 Å². The molecule has 1 saturated heterocycles. The molecule has 0 saturated carbocycles. The molecule has 102 valence electrons. The van der Waals surface area contributed by atoms with Crippen LogP contribution < -0.4 is 10.5 Å². The Balaban J connectivity index is 1.88. The van der Waals surface area contributed by atoms with Gasteiger partial charge in [-0.3, -0.25) is 4.79 Å². The van der Waals surface area contributed by atoms with Crippen molar-refractivity contribution in [3.05, 3.63) is 23.3 Å². The van der Waals surface area contributed by atoms with E-state index in [0.717, 1.165) is 23.4 Å². The van der Waals surface area contributed by atoms with E-state index in [2.05, 4.69) is 6.92 Å². The molecule has 5 heteroatoms. The van der Waals surface area contributed by atoms with Crippen molar-refractivity contribution in [3.63, 3.8) is 0 Å². The molecule has 1 aromatic rings. The number of nitrogens with two attached hydrogens (primary N) is 1. The first-order valence-corrected chi connectivity index (χ1v) is 6.53. The van der Waals surface area contributed by atoms with E-state index in [-0.39, 0.29) is 12.7 Å². The predicted octanol–water partition coefficient (Wildman–Crippen LogP) is 1.50. The molecule has 2 aliphatic rings. The van der Waals surface area contributed by atoms with E-state index < -0.39 is 0 Å². The number of anilines is 1. The molecule has 0 spiro atoms. The zero-order chi connectivity index (χ0) is 13.4. The Morgan fingerprint density at radius 1 is 1.47 bits per heavy atom. The van der Waals surface area contributed by atoms with Gasteiger partial charge in [-0.05, 0) is 18.1 Å². The molecule has 0 bridgehead atoms. The van der Waals surface area contributed by atoms with Gasteiger partial charge in [0.15, 0.2) is 6.79 Å². The third-order valence-electron chi connectivity index (χ3n) is 3.58. The van der Waals surface area contributed by atoms with Crippen LogP contribution in [-0.2, 0) is 22.7 Å². The van der Waals surface area contributed by atoms with Crippen molar-refractivity contribution in [2.24, 2.45) is 5.92 Å². The van der Waals surface area contributed by atoms with Crippen LogP contribution in [0.3, 0.4) is 0 Å². The fourth-order valence-corrected chi connectivity index (χ4v) is 2.77. The summed E-state index contributed by atoms with van der Waals surface area (Å²) in [6.07, 6.45) is 0.633. The third kappa shape index (κ3) is 2.38. The molecule has 0 radical (unpaired) electrons. The van der Waals surface area contributed by atoms with Crippen molar-refractivity contribution in [1.82, 2.24) is 4.90 Å². The van der Waals surface area contributed by atoms with Gasteiger partial charge in [-0.1, -0.05) is 6.92 Å². The number of benzene rings is 1. The molecular formula is C14H18N2O3. The number of amides is 1. The molecule has 19 heavy (non-hydrogen) atoms. The number of hydrogen-bond acceptors (Lipinski definition) is 4. The SMILES string of the molecule is CC1CC(=O)N(Cc2cc(N)cc3c2OCOC3)C1. The van der Waals surface area contributed by atoms with Crippen LogP contribution in [0.15, 0.2) is 12.1 Å². The zero-order valence-electron chi connectivity index (χ0n) is 11.0. The number of fused-ring (bicyclic) bond motifs is 1. The monoisotopic (exact) mass is 262 g/mol. The van der Waals surface area contributed by atoms with E-state index in [9.17, 15) is 4.79 Å². The minimum Gasteiger partial charge on any atom is -0.467 e. The fraction of sp³-hybridized carbons (Fsp3) is 0.500. The number of nitrogens with zero attached hydrogens (tertiary/aromatic N) is 1. The highest BCUT2D eigenvalue weighted by Gasteiger charge is 2.28. The van der Waals surface area contributed by atoms with Crippen LogP contribution in [0.4, 0.5) is 5.69 Å². The largest absolute Gasteiger partial charge is 0.467 e. The van der Waals surface area contributed by atoms with Gasteiger partial charge < -0.3 is 20.1 Å². The van der Waals surface area contributed by atoms with Crippen molar-refractivity contribution >= 4 is 11.6 Å². The van der Waals surface area contributed by atoms with E-state index in [1.807, 2.05) is 17.0 Å². The predicted molar refractivity (Wildman–Crippen MR) is 70.3 cm³/mol. The highest BCUT2D eigenvalue weighted by Crippen LogP contribution is 2.32. The Hall–Kier alpha value is -1.75. The third-order valence-corrected chi connectivity index (χ3v) is 3.58. The number of carbonyl (C=O) groups is 1. The summed E-state index contributed by atoms with van der Waals surface area (Å²) in [6.45, 7) is 4.23. The van der Waals surface area contributed by atoms with Crippen molar-refractivity contribution in [2.75, 3.05) is 19.1 Å². The molecule has 3 rings (SSSR count). The van der Waals surface area contributed by atoms with Crippen LogP contribution in [0.1, 0.15) is 24.5 Å². The molecule has 5 nitrogen and oxygen atoms in total. The Bertz CT molecular complexity index is 516. The van der Waals surface area contributed by atoms with Crippen LogP contribution in [0.5, 0.6) is 5.75 Å². The van der Waals surface area contributed by atoms with Crippen LogP contribution in [0.2, 0.25) is 0 Å². The summed E-state index contributed by atoms with van der Waals surface area (Å²) < 4.78 is 10.8. The highest BCUT2D eigenvalue weighted by molar-refractivity contribution is 5.78. The van der Waals surface area contributed by atoms with Gasteiger partial charge in [-0.15, -0.1) is 0 Å². The second-order valence-corrected chi connectivity index (χ2v) is 5.36. The van der Waals surface area contributed by atoms with E-state index in [0.29, 0.717) is 31.2 Å². The average Bonchev–Trinajstić information content (AvgIpc) is 2.67. The number of rotatable bonds is 2. The molecule has 1 amide bonds. The maximum absolute atomic E-state index is 11.9. The molecule has 1 atom stereocenters. The van der Waals surface area contributed by atoms with E-state index in [1.165, 1.54) is 0 Å². The lowest BCUT2D eigenvalue weighted by atomic mass is 10.1. The van der Waals surface area contributed by atoms with Crippen molar-refractivity contribution in [3.8, 4) is 5.75 Å². The summed E-state index contributed by atoms with van der Waals surface area (Å²) in [5.41, 5.74) is 8.52. The Morgan fingerprint density at radius 2 is 2.32 bits per heavy atom. The standard InChI is InChI=1S/C14H18N2O3/c1-9-2-13(17)16(5-9)6-10-3-12(15)4-11-7-18-8-19-14(10)11/h3-4,9H,2,5-8,15H2,1H3. The number of hydrogen-bond donors (Lipinski definition) is 1. The summed E-state index contributed by atoms with van der Waals surface area (Å²) in [4.78, 5) is 13.7. The Labute approximate surface area is 112 Å². The molecule has 1 fully saturated rings. The molecule has 2 N–H and O–H groups in total. The summed E-state index contributed by atoms with van der Waals surface area (Å²) in [6, 6.07) is 3.76. The second-order valence-electron chi connectivity index (χ2n) is 5.36. The van der Waals surface area contributed by atoms with E-state index >= 15 is 0 Å². The summed E-state index contributed by atoms with van der Waals surface area (Å²) in [5, 5.41) is 0. The summed E-state index contributed by atoms with van der Waals surface area (Å²) >= 11 is 0. The molecule has 0 aliphatic carbocycles. The lowest BCUT2D eigenvalue weighted by Crippen LogP contribution is -2.25. The first kappa shape index (κ1) is 12.3. The van der Waals surface area contributed by atoms with Gasteiger partial charge in [-0.25, -0.2) is 0 Å². The van der Waals surface area contributed by atoms with Crippen LogP contribution in [0.25, 0.3) is 0 Å². The molecule has 0 aromatic heterocycles. The van der Waals surface area contributed by atoms with Gasteiger partial charge >= 0.3 is 0 Å². The van der Waals surface area contributed by atoms with Crippen LogP contribution in [0, 0.1) is 5.92 Å². The van der Waals surface area contributed by atoms with Crippen molar-refractivity contribution < 1.29 is 14.3 Å². The average molecular weight is 262 g/mol. The number of nitrogen functional groups attached to an aromatic ring is 1. The Kier molecular flexibility index (Phi) is 3.06. The molecular weight excluding hydrogens is 244 g/mol. The fourth-order valence-electron chi connectivity index (χ4n) is 2.77. The molecule has 1 aromatic carbocycles. The normalized spacial score (nSPS) is 22.3. The quantitative estimate of drug-likeness (QED) is 0.820. The van der Waals surface area contributed by atoms with Crippen molar-refractivity contribution in [1.29, 1.82) is 0 Å². The van der Waals surface area contributed by atoms with Gasteiger partial charge in [0.25, 0.3) is 0 Å². The Morgan fingerprint density at radius 3 is 3.05 bits per heavy atom. The lowest BCUT2D eigenvalue weighted by molar-refractivity contribution is -0.128. The molecule has 2 aliphatic heterocycles. The van der Waals surface area contributed by atoms with Gasteiger partial charge in [0.05, 0.1) is 6.61 Å². The van der Waals surface area contributed by atoms with Crippen LogP contribution in [-0.4, -0.2) is 24.1 Å². The summed E-state index contributed by atoms with van der Waals surface area (Å²) in [7, 11) is 0. The number of ether oxygens (including phenoxy) is 2. The number of likely N-dealkylation sites (tertiary alicyclic amines) is 1. The van der Waals surface area contributed by atoms with Crippen molar-refractivity contribution in [2.45, 2.75) is 26.5 Å². The molecule has 2 heterocycles. The van der Waals surface area contributed by atoms with Gasteiger partial charge in [0.2, 0.25) is 5.91 Å². The van der Waals surface area contributed by atoms with E-state index in [1.54, 1.807) is 0 Å². The van der Waals surface area contributed by atoms with E-state index in [4.69, 9.17) is 15.2 Å². The lowest BCUT2D eigenvalue weighted by Gasteiger charge is -2.24. The minimum atomic E-state index is 0.204. The first-order chi connectivity index (χ1) is 9.13.